The Bertz CT molecular complexity index is 639. The topological polar surface area (TPSA) is 92.9 Å². The minimum atomic E-state index is -0.610. The summed E-state index contributed by atoms with van der Waals surface area (Å²) in [6, 6.07) is 5.87. The molecular weight excluding hydrogens is 261 g/mol. The number of nitrogens with two attached hydrogens (primary N) is 1. The fourth-order valence-corrected chi connectivity index (χ4v) is 1.81. The van der Waals surface area contributed by atoms with Gasteiger partial charge in [-0.05, 0) is 32.0 Å². The molecule has 0 saturated carbocycles. The maximum atomic E-state index is 13.5. The van der Waals surface area contributed by atoms with Crippen LogP contribution < -0.4 is 16.6 Å². The normalized spacial score (nSPS) is 10.2. The molecular formula is C13H14FN5O. The van der Waals surface area contributed by atoms with E-state index in [1.54, 1.807) is 19.9 Å². The summed E-state index contributed by atoms with van der Waals surface area (Å²) < 4.78 is 13.5. The number of benzene rings is 1. The number of anilines is 2. The molecule has 1 aromatic heterocycles. The molecule has 7 heteroatoms. The molecule has 0 fully saturated rings. The predicted molar refractivity (Wildman–Crippen MR) is 73.7 cm³/mol. The van der Waals surface area contributed by atoms with Crippen LogP contribution in [0.3, 0.4) is 0 Å². The first-order valence-electron chi connectivity index (χ1n) is 5.90. The lowest BCUT2D eigenvalue weighted by atomic mass is 10.1. The number of nitrogens with zero attached hydrogens (tertiary/aromatic N) is 2. The summed E-state index contributed by atoms with van der Waals surface area (Å²) in [6.07, 6.45) is 0. The van der Waals surface area contributed by atoms with Gasteiger partial charge in [-0.2, -0.15) is 0 Å². The van der Waals surface area contributed by atoms with E-state index in [1.807, 2.05) is 0 Å². The maximum absolute atomic E-state index is 13.5. The Hall–Kier alpha value is -2.54. The van der Waals surface area contributed by atoms with Gasteiger partial charge in [0.1, 0.15) is 5.82 Å². The fourth-order valence-electron chi connectivity index (χ4n) is 1.81. The number of aryl methyl sites for hydroxylation is 2. The summed E-state index contributed by atoms with van der Waals surface area (Å²) in [5, 5.41) is 2.52. The molecule has 1 heterocycles. The highest BCUT2D eigenvalue weighted by atomic mass is 19.1. The van der Waals surface area contributed by atoms with Crippen LogP contribution in [0.15, 0.2) is 24.3 Å². The molecule has 2 rings (SSSR count). The van der Waals surface area contributed by atoms with Crippen LogP contribution >= 0.6 is 0 Å². The van der Waals surface area contributed by atoms with Gasteiger partial charge in [-0.15, -0.1) is 0 Å². The van der Waals surface area contributed by atoms with Crippen LogP contribution in [0.4, 0.5) is 16.0 Å². The van der Waals surface area contributed by atoms with Crippen LogP contribution in [0.5, 0.6) is 0 Å². The van der Waals surface area contributed by atoms with Gasteiger partial charge in [-0.25, -0.2) is 14.4 Å². The first-order chi connectivity index (χ1) is 9.51. The average Bonchev–Trinajstić information content (AvgIpc) is 2.37. The van der Waals surface area contributed by atoms with E-state index in [4.69, 9.17) is 5.84 Å². The molecule has 0 radical (unpaired) electrons. The van der Waals surface area contributed by atoms with Crippen molar-refractivity contribution in [2.24, 2.45) is 5.84 Å². The maximum Gasteiger partial charge on any atom is 0.260 e. The summed E-state index contributed by atoms with van der Waals surface area (Å²) in [5.74, 6) is 4.25. The van der Waals surface area contributed by atoms with Crippen molar-refractivity contribution in [2.75, 3.05) is 10.7 Å². The lowest BCUT2D eigenvalue weighted by Gasteiger charge is -2.10. The molecule has 0 spiro atoms. The van der Waals surface area contributed by atoms with E-state index in [9.17, 15) is 9.18 Å². The van der Waals surface area contributed by atoms with Crippen molar-refractivity contribution < 1.29 is 9.18 Å². The molecule has 1 amide bonds. The van der Waals surface area contributed by atoms with Crippen LogP contribution in [-0.2, 0) is 0 Å². The SMILES string of the molecule is Cc1cc(C)nc(NC(=O)c2cccc(F)c2NN)n1. The molecule has 0 unspecified atom stereocenters. The van der Waals surface area contributed by atoms with Crippen LogP contribution in [0.1, 0.15) is 21.7 Å². The quantitative estimate of drug-likeness (QED) is 0.586. The van der Waals surface area contributed by atoms with Gasteiger partial charge < -0.3 is 5.43 Å². The number of hydrogen-bond donors (Lipinski definition) is 3. The number of para-hydroxylation sites is 1. The van der Waals surface area contributed by atoms with E-state index in [0.717, 1.165) is 11.4 Å². The van der Waals surface area contributed by atoms with E-state index in [1.165, 1.54) is 18.2 Å². The number of nitrogen functional groups attached to an aromatic ring is 1. The Labute approximate surface area is 115 Å². The van der Waals surface area contributed by atoms with E-state index in [2.05, 4.69) is 20.7 Å². The summed E-state index contributed by atoms with van der Waals surface area (Å²) in [4.78, 5) is 20.3. The third-order valence-electron chi connectivity index (χ3n) is 2.61. The zero-order valence-electron chi connectivity index (χ0n) is 11.1. The second-order valence-electron chi connectivity index (χ2n) is 4.24. The summed E-state index contributed by atoms with van der Waals surface area (Å²) in [5.41, 5.74) is 3.63. The van der Waals surface area contributed by atoms with Gasteiger partial charge in [0, 0.05) is 11.4 Å². The van der Waals surface area contributed by atoms with Crippen molar-refractivity contribution >= 4 is 17.5 Å². The van der Waals surface area contributed by atoms with Gasteiger partial charge in [0.2, 0.25) is 5.95 Å². The van der Waals surface area contributed by atoms with Crippen LogP contribution in [-0.4, -0.2) is 15.9 Å². The molecule has 0 atom stereocenters. The Balaban J connectivity index is 2.31. The van der Waals surface area contributed by atoms with Crippen molar-refractivity contribution in [1.82, 2.24) is 9.97 Å². The Morgan fingerprint density at radius 3 is 2.50 bits per heavy atom. The number of carbonyl (C=O) groups excluding carboxylic acids is 1. The van der Waals surface area contributed by atoms with Crippen LogP contribution in [0, 0.1) is 19.7 Å². The lowest BCUT2D eigenvalue weighted by molar-refractivity contribution is 0.102. The zero-order valence-corrected chi connectivity index (χ0v) is 11.1. The van der Waals surface area contributed by atoms with Crippen molar-refractivity contribution in [3.05, 3.63) is 47.0 Å². The minimum Gasteiger partial charge on any atom is -0.321 e. The van der Waals surface area contributed by atoms with Crippen LogP contribution in [0.2, 0.25) is 0 Å². The first-order valence-corrected chi connectivity index (χ1v) is 5.90. The average molecular weight is 275 g/mol. The molecule has 104 valence electrons. The molecule has 1 aromatic carbocycles. The second kappa shape index (κ2) is 5.62. The fraction of sp³-hybridized carbons (Fsp3) is 0.154. The third-order valence-corrected chi connectivity index (χ3v) is 2.61. The van der Waals surface area contributed by atoms with Gasteiger partial charge in [0.15, 0.2) is 0 Å². The Kier molecular flexibility index (Phi) is 3.90. The summed E-state index contributed by atoms with van der Waals surface area (Å²) in [6.45, 7) is 3.58. The highest BCUT2D eigenvalue weighted by molar-refractivity contribution is 6.07. The smallest absolute Gasteiger partial charge is 0.260 e. The molecule has 0 aliphatic heterocycles. The van der Waals surface area contributed by atoms with Gasteiger partial charge in [0.25, 0.3) is 5.91 Å². The van der Waals surface area contributed by atoms with Crippen LogP contribution in [0.25, 0.3) is 0 Å². The summed E-state index contributed by atoms with van der Waals surface area (Å²) >= 11 is 0. The highest BCUT2D eigenvalue weighted by Gasteiger charge is 2.15. The van der Waals surface area contributed by atoms with Gasteiger partial charge in [-0.1, -0.05) is 6.07 Å². The first kappa shape index (κ1) is 13.9. The largest absolute Gasteiger partial charge is 0.321 e. The van der Waals surface area contributed by atoms with Crippen molar-refractivity contribution in [3.63, 3.8) is 0 Å². The van der Waals surface area contributed by atoms with E-state index in [0.29, 0.717) is 0 Å². The molecule has 6 nitrogen and oxygen atoms in total. The van der Waals surface area contributed by atoms with Crippen molar-refractivity contribution in [3.8, 4) is 0 Å². The molecule has 0 aliphatic carbocycles. The molecule has 4 N–H and O–H groups in total. The molecule has 2 aromatic rings. The van der Waals surface area contributed by atoms with Crippen molar-refractivity contribution in [1.29, 1.82) is 0 Å². The van der Waals surface area contributed by atoms with Crippen molar-refractivity contribution in [2.45, 2.75) is 13.8 Å². The number of hydrogen-bond acceptors (Lipinski definition) is 5. The number of nitrogens with one attached hydrogen (secondary N) is 2. The van der Waals surface area contributed by atoms with Gasteiger partial charge in [-0.3, -0.25) is 16.0 Å². The number of amides is 1. The molecule has 0 saturated heterocycles. The summed E-state index contributed by atoms with van der Waals surface area (Å²) in [7, 11) is 0. The standard InChI is InChI=1S/C13H14FN5O/c1-7-6-8(2)17-13(16-7)18-12(20)9-4-3-5-10(14)11(9)19-15/h3-6,19H,15H2,1-2H3,(H,16,17,18,20). The van der Waals surface area contributed by atoms with Gasteiger partial charge in [0.05, 0.1) is 11.3 Å². The Morgan fingerprint density at radius 2 is 1.90 bits per heavy atom. The minimum absolute atomic E-state index is 0.0747. The third kappa shape index (κ3) is 2.89. The Morgan fingerprint density at radius 1 is 1.25 bits per heavy atom. The monoisotopic (exact) mass is 275 g/mol. The van der Waals surface area contributed by atoms with E-state index < -0.39 is 11.7 Å². The highest BCUT2D eigenvalue weighted by Crippen LogP contribution is 2.19. The number of rotatable bonds is 3. The predicted octanol–water partition coefficient (Wildman–Crippen LogP) is 1.77. The molecule has 0 aliphatic rings. The number of hydrazine groups is 1. The number of halogens is 1. The number of aromatic nitrogens is 2. The molecule has 0 bridgehead atoms. The van der Waals surface area contributed by atoms with Gasteiger partial charge >= 0.3 is 0 Å². The van der Waals surface area contributed by atoms with E-state index in [-0.39, 0.29) is 17.2 Å². The number of carbonyl (C=O) groups is 1. The molecule has 20 heavy (non-hydrogen) atoms. The lowest BCUT2D eigenvalue weighted by Crippen LogP contribution is -2.19. The van der Waals surface area contributed by atoms with E-state index >= 15 is 0 Å². The zero-order chi connectivity index (χ0) is 14.7. The second-order valence-corrected chi connectivity index (χ2v) is 4.24.